The molecule has 6 nitrogen and oxygen atoms in total. The summed E-state index contributed by atoms with van der Waals surface area (Å²) in [7, 11) is 1.58. The van der Waals surface area contributed by atoms with Crippen LogP contribution in [0.15, 0.2) is 72.8 Å². The molecule has 0 spiro atoms. The van der Waals surface area contributed by atoms with Crippen LogP contribution in [0.3, 0.4) is 0 Å². The van der Waals surface area contributed by atoms with Crippen molar-refractivity contribution in [1.29, 1.82) is 0 Å². The average Bonchev–Trinajstić information content (AvgIpc) is 2.98. The number of ether oxygens (including phenoxy) is 2. The fourth-order valence-electron chi connectivity index (χ4n) is 4.45. The maximum atomic E-state index is 12.9. The van der Waals surface area contributed by atoms with Gasteiger partial charge in [0.1, 0.15) is 0 Å². The summed E-state index contributed by atoms with van der Waals surface area (Å²) in [6.45, 7) is 6.98. The Balaban J connectivity index is 1.52. The van der Waals surface area contributed by atoms with Crippen molar-refractivity contribution in [2.45, 2.75) is 65.3 Å². The van der Waals surface area contributed by atoms with Gasteiger partial charge in [0.25, 0.3) is 5.91 Å². The Hall–Kier alpha value is -3.93. The molecule has 212 valence electrons. The number of carbonyl (C=O) groups is 3. The van der Waals surface area contributed by atoms with Crippen LogP contribution in [-0.4, -0.2) is 31.2 Å². The van der Waals surface area contributed by atoms with Crippen molar-refractivity contribution < 1.29 is 23.9 Å². The number of amides is 1. The molecule has 0 aromatic heterocycles. The molecule has 1 atom stereocenters. The van der Waals surface area contributed by atoms with Gasteiger partial charge in [-0.05, 0) is 41.7 Å². The van der Waals surface area contributed by atoms with E-state index in [2.05, 4.69) is 19.2 Å². The predicted molar refractivity (Wildman–Crippen MR) is 158 cm³/mol. The van der Waals surface area contributed by atoms with E-state index in [0.717, 1.165) is 24.3 Å². The summed E-state index contributed by atoms with van der Waals surface area (Å²) >= 11 is 0. The molecule has 3 aromatic rings. The van der Waals surface area contributed by atoms with Gasteiger partial charge in [-0.25, -0.2) is 0 Å². The van der Waals surface area contributed by atoms with Gasteiger partial charge in [0.05, 0.1) is 13.7 Å². The minimum absolute atomic E-state index is 0.130. The molecule has 1 unspecified atom stereocenters. The largest absolute Gasteiger partial charge is 0.493 e. The molecule has 0 heterocycles. The standard InChI is InChI=1S/C34H41NO5/c1-24(2)13-8-5-6-11-20-40-30-19-18-26(21-31(30)39-4)23-35-34(38)32(36)25(3)28-16-12-17-29(22-28)33(37)27-14-9-7-10-15-27/h7,9-10,12,14-19,21-22,24-25H,5-6,8,11,13,20,23H2,1-4H3,(H,35,38). The Morgan fingerprint density at radius 3 is 2.23 bits per heavy atom. The minimum Gasteiger partial charge on any atom is -0.493 e. The minimum atomic E-state index is -0.695. The molecule has 1 amide bonds. The van der Waals surface area contributed by atoms with Crippen molar-refractivity contribution in [3.63, 3.8) is 0 Å². The molecule has 1 N–H and O–H groups in total. The number of rotatable bonds is 16. The summed E-state index contributed by atoms with van der Waals surface area (Å²) in [5, 5.41) is 2.71. The fourth-order valence-corrected chi connectivity index (χ4v) is 4.45. The molecule has 0 fully saturated rings. The van der Waals surface area contributed by atoms with Crippen molar-refractivity contribution in [2.24, 2.45) is 5.92 Å². The highest BCUT2D eigenvalue weighted by molar-refractivity contribution is 6.38. The van der Waals surface area contributed by atoms with Gasteiger partial charge in [-0.3, -0.25) is 14.4 Å². The number of nitrogens with one attached hydrogen (secondary N) is 1. The summed E-state index contributed by atoms with van der Waals surface area (Å²) in [6.07, 6.45) is 5.86. The quantitative estimate of drug-likeness (QED) is 0.121. The molecule has 3 aromatic carbocycles. The first-order chi connectivity index (χ1) is 19.3. The number of unbranched alkanes of at least 4 members (excludes halogenated alkanes) is 3. The van der Waals surface area contributed by atoms with E-state index in [9.17, 15) is 14.4 Å². The van der Waals surface area contributed by atoms with Crippen LogP contribution in [0.2, 0.25) is 0 Å². The van der Waals surface area contributed by atoms with Crippen LogP contribution in [0.1, 0.15) is 85.8 Å². The predicted octanol–water partition coefficient (Wildman–Crippen LogP) is 6.90. The average molecular weight is 544 g/mol. The second-order valence-corrected chi connectivity index (χ2v) is 10.5. The number of hydrogen-bond acceptors (Lipinski definition) is 5. The SMILES string of the molecule is COc1cc(CNC(=O)C(=O)C(C)c2cccc(C(=O)c3ccccc3)c2)ccc1OCCCCCCC(C)C. The first kappa shape index (κ1) is 30.6. The van der Waals surface area contributed by atoms with Gasteiger partial charge < -0.3 is 14.8 Å². The van der Waals surface area contributed by atoms with E-state index < -0.39 is 17.6 Å². The zero-order chi connectivity index (χ0) is 28.9. The summed E-state index contributed by atoms with van der Waals surface area (Å²) in [6, 6.07) is 21.3. The van der Waals surface area contributed by atoms with Crippen molar-refractivity contribution in [3.05, 3.63) is 95.1 Å². The second kappa shape index (κ2) is 15.6. The lowest BCUT2D eigenvalue weighted by atomic mass is 9.92. The van der Waals surface area contributed by atoms with Crippen LogP contribution in [0.25, 0.3) is 0 Å². The van der Waals surface area contributed by atoms with Crippen LogP contribution in [0.5, 0.6) is 11.5 Å². The van der Waals surface area contributed by atoms with E-state index in [1.165, 1.54) is 19.3 Å². The van der Waals surface area contributed by atoms with Gasteiger partial charge in [0.15, 0.2) is 17.3 Å². The van der Waals surface area contributed by atoms with Gasteiger partial charge in [-0.15, -0.1) is 0 Å². The van der Waals surface area contributed by atoms with E-state index in [-0.39, 0.29) is 12.3 Å². The molecule has 0 saturated heterocycles. The van der Waals surface area contributed by atoms with Crippen molar-refractivity contribution >= 4 is 17.5 Å². The van der Waals surface area contributed by atoms with E-state index in [1.54, 1.807) is 62.6 Å². The Labute approximate surface area is 238 Å². The van der Waals surface area contributed by atoms with Gasteiger partial charge in [-0.2, -0.15) is 0 Å². The van der Waals surface area contributed by atoms with Gasteiger partial charge in [0, 0.05) is 23.6 Å². The normalized spacial score (nSPS) is 11.6. The third-order valence-corrected chi connectivity index (χ3v) is 6.92. The van der Waals surface area contributed by atoms with Gasteiger partial charge >= 0.3 is 0 Å². The molecule has 0 saturated carbocycles. The highest BCUT2D eigenvalue weighted by atomic mass is 16.5. The molecule has 0 aliphatic heterocycles. The fraction of sp³-hybridized carbons (Fsp3) is 0.382. The third-order valence-electron chi connectivity index (χ3n) is 6.92. The van der Waals surface area contributed by atoms with Crippen molar-refractivity contribution in [3.8, 4) is 11.5 Å². The molecule has 0 aliphatic rings. The van der Waals surface area contributed by atoms with E-state index >= 15 is 0 Å². The monoisotopic (exact) mass is 543 g/mol. The van der Waals surface area contributed by atoms with E-state index in [0.29, 0.717) is 34.8 Å². The maximum absolute atomic E-state index is 12.9. The lowest BCUT2D eigenvalue weighted by Gasteiger charge is -2.14. The zero-order valence-electron chi connectivity index (χ0n) is 24.1. The summed E-state index contributed by atoms with van der Waals surface area (Å²) in [5.41, 5.74) is 2.46. The zero-order valence-corrected chi connectivity index (χ0v) is 24.1. The lowest BCUT2D eigenvalue weighted by molar-refractivity contribution is -0.138. The van der Waals surface area contributed by atoms with Crippen LogP contribution >= 0.6 is 0 Å². The highest BCUT2D eigenvalue weighted by Crippen LogP contribution is 2.28. The maximum Gasteiger partial charge on any atom is 0.288 e. The number of Topliss-reactive ketones (excluding diaryl/α,β-unsaturated/α-hetero) is 1. The molecule has 0 bridgehead atoms. The summed E-state index contributed by atoms with van der Waals surface area (Å²) < 4.78 is 11.4. The molecular weight excluding hydrogens is 502 g/mol. The van der Waals surface area contributed by atoms with Crippen LogP contribution < -0.4 is 14.8 Å². The topological polar surface area (TPSA) is 81.7 Å². The van der Waals surface area contributed by atoms with Gasteiger partial charge in [-0.1, -0.05) is 101 Å². The lowest BCUT2D eigenvalue weighted by Crippen LogP contribution is -2.33. The van der Waals surface area contributed by atoms with Crippen LogP contribution in [0.4, 0.5) is 0 Å². The van der Waals surface area contributed by atoms with E-state index in [4.69, 9.17) is 9.47 Å². The van der Waals surface area contributed by atoms with Crippen molar-refractivity contribution in [1.82, 2.24) is 5.32 Å². The third kappa shape index (κ3) is 9.08. The van der Waals surface area contributed by atoms with Crippen molar-refractivity contribution in [2.75, 3.05) is 13.7 Å². The molecule has 6 heteroatoms. The smallest absolute Gasteiger partial charge is 0.288 e. The number of hydrogen-bond donors (Lipinski definition) is 1. The second-order valence-electron chi connectivity index (χ2n) is 10.5. The van der Waals surface area contributed by atoms with Crippen LogP contribution in [-0.2, 0) is 16.1 Å². The number of benzene rings is 3. The van der Waals surface area contributed by atoms with Gasteiger partial charge in [0.2, 0.25) is 5.78 Å². The van der Waals surface area contributed by atoms with E-state index in [1.807, 2.05) is 24.3 Å². The molecule has 40 heavy (non-hydrogen) atoms. The Kier molecular flexibility index (Phi) is 11.9. The Bertz CT molecular complexity index is 1270. The Morgan fingerprint density at radius 1 is 0.775 bits per heavy atom. The highest BCUT2D eigenvalue weighted by Gasteiger charge is 2.23. The summed E-state index contributed by atoms with van der Waals surface area (Å²) in [5.74, 6) is -0.0671. The van der Waals surface area contributed by atoms with Crippen LogP contribution in [0, 0.1) is 5.92 Å². The number of ketones is 2. The summed E-state index contributed by atoms with van der Waals surface area (Å²) in [4.78, 5) is 38.4. The molecule has 0 radical (unpaired) electrons. The molecule has 3 rings (SSSR count). The molecule has 0 aliphatic carbocycles. The molecular formula is C34H41NO5. The number of methoxy groups -OCH3 is 1. The first-order valence-electron chi connectivity index (χ1n) is 14.1. The first-order valence-corrected chi connectivity index (χ1v) is 14.1. The Morgan fingerprint density at radius 2 is 1.50 bits per heavy atom. The number of carbonyl (C=O) groups excluding carboxylic acids is 3.